The summed E-state index contributed by atoms with van der Waals surface area (Å²) in [5.74, 6) is -3.44. The molecule has 20 nitrogen and oxygen atoms in total. The third kappa shape index (κ3) is 45.5. The van der Waals surface area contributed by atoms with E-state index in [0.29, 0.717) is 19.6 Å². The van der Waals surface area contributed by atoms with Crippen LogP contribution in [0.4, 0.5) is 0 Å². The Labute approximate surface area is 375 Å². The number of amides is 1. The van der Waals surface area contributed by atoms with Crippen molar-refractivity contribution in [3.63, 3.8) is 0 Å². The molecule has 0 aromatic carbocycles. The number of hydrogen-bond donors (Lipinski definition) is 3. The third-order valence-electron chi connectivity index (χ3n) is 6.73. The van der Waals surface area contributed by atoms with Gasteiger partial charge in [-0.1, -0.05) is 59.1 Å². The van der Waals surface area contributed by atoms with Gasteiger partial charge in [-0.25, -0.2) is 28.8 Å². The average molecular weight is 914 g/mol. The SMILES string of the molecule is C=CC(=O)NCCO.C=CC(=O)OCC(C)OC(=O)C=C.C=CC(=O)OCCOCC(CC)(COCCOC(=O)C=C)COCCOC(=O)C=C.C=CCOCC(O)COC(=O)C=C. The van der Waals surface area contributed by atoms with Crippen LogP contribution >= 0.6 is 0 Å². The lowest BCUT2D eigenvalue weighted by molar-refractivity contribution is -0.151. The van der Waals surface area contributed by atoms with Gasteiger partial charge in [0.05, 0.1) is 59.5 Å². The molecule has 0 aliphatic rings. The Hall–Kier alpha value is -6.03. The number of aliphatic hydroxyl groups is 2. The molecule has 0 aromatic heterocycles. The molecular formula is C44H67NO19. The average Bonchev–Trinajstić information content (AvgIpc) is 3.31. The number of nitrogens with one attached hydrogen (secondary N) is 1. The summed E-state index contributed by atoms with van der Waals surface area (Å²) in [4.78, 5) is 75.1. The van der Waals surface area contributed by atoms with Gasteiger partial charge in [0, 0.05) is 48.4 Å². The topological polar surface area (TPSA) is 264 Å². The highest BCUT2D eigenvalue weighted by molar-refractivity contribution is 5.86. The number of carbonyl (C=O) groups is 7. The minimum Gasteiger partial charge on any atom is -0.460 e. The monoisotopic (exact) mass is 913 g/mol. The fourth-order valence-corrected chi connectivity index (χ4v) is 3.44. The van der Waals surface area contributed by atoms with Crippen LogP contribution < -0.4 is 5.32 Å². The second-order valence-corrected chi connectivity index (χ2v) is 11.9. The molecule has 0 bridgehead atoms. The lowest BCUT2D eigenvalue weighted by Crippen LogP contribution is -2.38. The quantitative estimate of drug-likeness (QED) is 0.0274. The maximum atomic E-state index is 11.1. The number of aliphatic hydroxyl groups excluding tert-OH is 2. The summed E-state index contributed by atoms with van der Waals surface area (Å²) in [6.45, 7) is 32.3. The van der Waals surface area contributed by atoms with Crippen LogP contribution in [-0.2, 0) is 80.9 Å². The van der Waals surface area contributed by atoms with E-state index in [2.05, 4.69) is 67.4 Å². The first-order chi connectivity index (χ1) is 30.5. The van der Waals surface area contributed by atoms with Crippen molar-refractivity contribution in [1.29, 1.82) is 0 Å². The Kier molecular flexibility index (Phi) is 46.9. The first kappa shape index (κ1) is 64.6. The van der Waals surface area contributed by atoms with E-state index in [1.807, 2.05) is 6.92 Å². The summed E-state index contributed by atoms with van der Waals surface area (Å²) in [5, 5.41) is 19.7. The minimum atomic E-state index is -0.802. The molecule has 2 unspecified atom stereocenters. The molecule has 0 heterocycles. The Balaban J connectivity index is -0.000000435. The van der Waals surface area contributed by atoms with Crippen LogP contribution in [-0.4, -0.2) is 163 Å². The minimum absolute atomic E-state index is 0.0183. The zero-order chi connectivity index (χ0) is 49.4. The van der Waals surface area contributed by atoms with Crippen LogP contribution in [0.2, 0.25) is 0 Å². The van der Waals surface area contributed by atoms with Crippen molar-refractivity contribution in [2.75, 3.05) is 99.0 Å². The molecule has 0 rings (SSSR count). The molecular weight excluding hydrogens is 846 g/mol. The summed E-state index contributed by atoms with van der Waals surface area (Å²) in [5.41, 5.74) is -0.493. The highest BCUT2D eigenvalue weighted by atomic mass is 16.6. The van der Waals surface area contributed by atoms with E-state index in [1.54, 1.807) is 13.0 Å². The predicted molar refractivity (Wildman–Crippen MR) is 234 cm³/mol. The highest BCUT2D eigenvalue weighted by Gasteiger charge is 2.30. The van der Waals surface area contributed by atoms with Crippen molar-refractivity contribution in [3.8, 4) is 0 Å². The molecule has 0 radical (unpaired) electrons. The molecule has 0 fully saturated rings. The third-order valence-corrected chi connectivity index (χ3v) is 6.73. The molecule has 64 heavy (non-hydrogen) atoms. The van der Waals surface area contributed by atoms with E-state index in [4.69, 9.17) is 48.1 Å². The zero-order valence-electron chi connectivity index (χ0n) is 37.1. The summed E-state index contributed by atoms with van der Waals surface area (Å²) >= 11 is 0. The maximum absolute atomic E-state index is 11.1. The number of carbonyl (C=O) groups excluding carboxylic acids is 7. The van der Waals surface area contributed by atoms with Gasteiger partial charge in [-0.15, -0.1) is 6.58 Å². The van der Waals surface area contributed by atoms with Crippen LogP contribution in [0.3, 0.4) is 0 Å². The van der Waals surface area contributed by atoms with Gasteiger partial charge >= 0.3 is 35.8 Å². The summed E-state index contributed by atoms with van der Waals surface area (Å²) in [6.07, 6.45) is 8.49. The summed E-state index contributed by atoms with van der Waals surface area (Å²) < 4.78 is 50.4. The predicted octanol–water partition coefficient (Wildman–Crippen LogP) is 2.01. The van der Waals surface area contributed by atoms with Gasteiger partial charge in [0.1, 0.15) is 45.2 Å². The molecule has 0 aliphatic heterocycles. The van der Waals surface area contributed by atoms with Crippen molar-refractivity contribution >= 4 is 41.7 Å². The van der Waals surface area contributed by atoms with Gasteiger partial charge in [-0.05, 0) is 19.4 Å². The molecule has 2 atom stereocenters. The number of ether oxygens (including phenoxy) is 10. The number of esters is 6. The zero-order valence-corrected chi connectivity index (χ0v) is 37.1. The molecule has 0 saturated carbocycles. The molecule has 1 amide bonds. The van der Waals surface area contributed by atoms with Crippen molar-refractivity contribution in [3.05, 3.63) is 101 Å². The van der Waals surface area contributed by atoms with Crippen LogP contribution in [0.25, 0.3) is 0 Å². The first-order valence-electron chi connectivity index (χ1n) is 19.4. The van der Waals surface area contributed by atoms with Gasteiger partial charge in [0.15, 0.2) is 0 Å². The van der Waals surface area contributed by atoms with E-state index in [1.165, 1.54) is 0 Å². The van der Waals surface area contributed by atoms with Gasteiger partial charge < -0.3 is 62.9 Å². The molecule has 0 aromatic rings. The Morgan fingerprint density at radius 3 is 1.28 bits per heavy atom. The van der Waals surface area contributed by atoms with E-state index < -0.39 is 53.4 Å². The maximum Gasteiger partial charge on any atom is 0.330 e. The van der Waals surface area contributed by atoms with Gasteiger partial charge in [-0.2, -0.15) is 0 Å². The van der Waals surface area contributed by atoms with Crippen LogP contribution in [0.15, 0.2) is 101 Å². The first-order valence-corrected chi connectivity index (χ1v) is 19.4. The van der Waals surface area contributed by atoms with Crippen molar-refractivity contribution < 1.29 is 91.1 Å². The van der Waals surface area contributed by atoms with E-state index in [0.717, 1.165) is 42.5 Å². The van der Waals surface area contributed by atoms with Gasteiger partial charge in [-0.3, -0.25) is 4.79 Å². The summed E-state index contributed by atoms with van der Waals surface area (Å²) in [6, 6.07) is 0. The van der Waals surface area contributed by atoms with Crippen LogP contribution in [0.5, 0.6) is 0 Å². The Bertz CT molecular complexity index is 1350. The molecule has 0 saturated heterocycles. The van der Waals surface area contributed by atoms with Crippen LogP contribution in [0, 0.1) is 5.41 Å². The lowest BCUT2D eigenvalue weighted by Gasteiger charge is -2.32. The van der Waals surface area contributed by atoms with Gasteiger partial charge in [0.25, 0.3) is 0 Å². The van der Waals surface area contributed by atoms with E-state index in [9.17, 15) is 33.6 Å². The Morgan fingerprint density at radius 2 is 0.938 bits per heavy atom. The van der Waals surface area contributed by atoms with Crippen molar-refractivity contribution in [1.82, 2.24) is 5.32 Å². The molecule has 0 aliphatic carbocycles. The molecule has 20 heteroatoms. The molecule has 3 N–H and O–H groups in total. The van der Waals surface area contributed by atoms with E-state index >= 15 is 0 Å². The number of hydrogen-bond acceptors (Lipinski definition) is 19. The second kappa shape index (κ2) is 46.5. The Morgan fingerprint density at radius 1 is 0.547 bits per heavy atom. The molecule has 362 valence electrons. The number of rotatable bonds is 34. The molecule has 0 spiro atoms. The van der Waals surface area contributed by atoms with Crippen LogP contribution in [0.1, 0.15) is 20.3 Å². The normalized spacial score (nSPS) is 10.7. The van der Waals surface area contributed by atoms with Gasteiger partial charge in [0.2, 0.25) is 5.91 Å². The van der Waals surface area contributed by atoms with Crippen molar-refractivity contribution in [2.45, 2.75) is 32.5 Å². The van der Waals surface area contributed by atoms with Crippen molar-refractivity contribution in [2.24, 2.45) is 5.41 Å². The fraction of sp³-hybridized carbons (Fsp3) is 0.477. The smallest absolute Gasteiger partial charge is 0.330 e. The fourth-order valence-electron chi connectivity index (χ4n) is 3.44. The standard InChI is InChI=1S/C21H32O9.C9H12O4.C9H14O4.C5H9NO2/c1-5-18(22)28-12-9-25-15-21(8-4,16-26-10-13-29-19(23)6-2)17-27-11-14-30-20(24)7-3;1-4-8(10)12-6-7(3)13-9(11)5-2;1-3-5-12-6-8(10)7-13-9(11)4-2;1-2-5(8)6-3-4-7/h5-7H,1-3,8-17H2,4H3;4-5,7H,1-2,6H2,3H3;3-4,8,10H,1-2,5-7H2;2,7H,1,3-4H2,(H,6,8). The summed E-state index contributed by atoms with van der Waals surface area (Å²) in [7, 11) is 0. The van der Waals surface area contributed by atoms with E-state index in [-0.39, 0.29) is 91.8 Å². The highest BCUT2D eigenvalue weighted by Crippen LogP contribution is 2.24. The largest absolute Gasteiger partial charge is 0.460 e. The lowest BCUT2D eigenvalue weighted by atomic mass is 9.88. The second-order valence-electron chi connectivity index (χ2n) is 11.9.